The number of alkyl halides is 6. The van der Waals surface area contributed by atoms with Crippen molar-refractivity contribution in [3.63, 3.8) is 0 Å². The van der Waals surface area contributed by atoms with Gasteiger partial charge in [-0.3, -0.25) is 0 Å². The number of rotatable bonds is 8. The summed E-state index contributed by atoms with van der Waals surface area (Å²) in [5.41, 5.74) is -1.22. The van der Waals surface area contributed by atoms with Gasteiger partial charge in [0.2, 0.25) is 0 Å². The molecule has 0 aliphatic carbocycles. The smallest absolute Gasteiger partial charge is 0.416 e. The zero-order valence-corrected chi connectivity index (χ0v) is 18.6. The van der Waals surface area contributed by atoms with Gasteiger partial charge in [-0.25, -0.2) is 0 Å². The van der Waals surface area contributed by atoms with Gasteiger partial charge in [-0.2, -0.15) is 26.3 Å². The Morgan fingerprint density at radius 2 is 1.48 bits per heavy atom. The highest BCUT2D eigenvalue weighted by Gasteiger charge is 2.36. The van der Waals surface area contributed by atoms with Crippen LogP contribution < -0.4 is 4.74 Å². The van der Waals surface area contributed by atoms with Gasteiger partial charge in [0.05, 0.1) is 17.7 Å². The largest absolute Gasteiger partial charge is 0.493 e. The van der Waals surface area contributed by atoms with E-state index in [-0.39, 0.29) is 23.8 Å². The van der Waals surface area contributed by atoms with Crippen molar-refractivity contribution < 1.29 is 31.1 Å². The highest BCUT2D eigenvalue weighted by Crippen LogP contribution is 2.38. The second kappa shape index (κ2) is 10.8. The van der Waals surface area contributed by atoms with E-state index in [0.717, 1.165) is 50.7 Å². The van der Waals surface area contributed by atoms with Crippen LogP contribution in [-0.2, 0) is 12.4 Å². The second-order valence-corrected chi connectivity index (χ2v) is 8.66. The van der Waals surface area contributed by atoms with Crippen LogP contribution in [0, 0.1) is 5.92 Å². The van der Waals surface area contributed by atoms with Crippen molar-refractivity contribution in [1.82, 2.24) is 4.90 Å². The van der Waals surface area contributed by atoms with E-state index in [9.17, 15) is 26.3 Å². The molecule has 0 saturated carbocycles. The molecule has 0 N–H and O–H groups in total. The van der Waals surface area contributed by atoms with Crippen molar-refractivity contribution in [2.75, 3.05) is 26.2 Å². The minimum absolute atomic E-state index is 0.118. The normalized spacial score (nSPS) is 17.5. The third-order valence-electron chi connectivity index (χ3n) is 6.37. The maximum atomic E-state index is 13.6. The third kappa shape index (κ3) is 7.13. The summed E-state index contributed by atoms with van der Waals surface area (Å²) >= 11 is 0. The third-order valence-corrected chi connectivity index (χ3v) is 6.37. The van der Waals surface area contributed by atoms with Gasteiger partial charge in [0.1, 0.15) is 5.75 Å². The summed E-state index contributed by atoms with van der Waals surface area (Å²) in [5, 5.41) is 0. The monoisotopic (exact) mass is 473 g/mol. The molecule has 1 heterocycles. The minimum atomic E-state index is -4.46. The number of hydrogen-bond acceptors (Lipinski definition) is 2. The Labute approximate surface area is 190 Å². The molecule has 1 fully saturated rings. The molecule has 0 aromatic heterocycles. The number of hydrogen-bond donors (Lipinski definition) is 0. The summed E-state index contributed by atoms with van der Waals surface area (Å²) in [6, 6.07) is 9.95. The molecule has 0 bridgehead atoms. The number of likely N-dealkylation sites (tertiary alicyclic amines) is 1. The molecular formula is C25H29F6NO. The summed E-state index contributed by atoms with van der Waals surface area (Å²) in [6.07, 6.45) is -4.86. The lowest BCUT2D eigenvalue weighted by Crippen LogP contribution is -2.33. The van der Waals surface area contributed by atoms with E-state index in [4.69, 9.17) is 4.74 Å². The average molecular weight is 474 g/mol. The van der Waals surface area contributed by atoms with E-state index < -0.39 is 29.4 Å². The van der Waals surface area contributed by atoms with Gasteiger partial charge >= 0.3 is 12.4 Å². The van der Waals surface area contributed by atoms with Crippen LogP contribution in [0.1, 0.15) is 55.2 Å². The molecule has 182 valence electrons. The van der Waals surface area contributed by atoms with Crippen molar-refractivity contribution in [1.29, 1.82) is 0 Å². The van der Waals surface area contributed by atoms with Crippen molar-refractivity contribution in [3.8, 4) is 5.75 Å². The average Bonchev–Trinajstić information content (AvgIpc) is 2.78. The predicted octanol–water partition coefficient (Wildman–Crippen LogP) is 7.40. The van der Waals surface area contributed by atoms with Crippen molar-refractivity contribution in [2.24, 2.45) is 5.92 Å². The Morgan fingerprint density at radius 3 is 2.09 bits per heavy atom. The van der Waals surface area contributed by atoms with Crippen molar-refractivity contribution in [2.45, 2.75) is 50.9 Å². The fourth-order valence-electron chi connectivity index (χ4n) is 4.36. The zero-order valence-electron chi connectivity index (χ0n) is 18.6. The van der Waals surface area contributed by atoms with Crippen LogP contribution in [0.15, 0.2) is 48.5 Å². The predicted molar refractivity (Wildman–Crippen MR) is 115 cm³/mol. The molecule has 1 aliphatic heterocycles. The Kier molecular flexibility index (Phi) is 8.32. The zero-order chi connectivity index (χ0) is 24.1. The Bertz CT molecular complexity index is 872. The van der Waals surface area contributed by atoms with Gasteiger partial charge in [0.25, 0.3) is 0 Å². The number of ether oxygens (including phenoxy) is 1. The molecule has 2 aromatic carbocycles. The minimum Gasteiger partial charge on any atom is -0.493 e. The first-order valence-electron chi connectivity index (χ1n) is 11.2. The molecule has 0 radical (unpaired) electrons. The number of halogens is 6. The second-order valence-electron chi connectivity index (χ2n) is 8.66. The molecule has 8 heteroatoms. The molecule has 1 aliphatic rings. The van der Waals surface area contributed by atoms with E-state index in [1.165, 1.54) is 30.7 Å². The summed E-state index contributed by atoms with van der Waals surface area (Å²) in [7, 11) is 0. The Morgan fingerprint density at radius 1 is 0.848 bits per heavy atom. The fraction of sp³-hybridized carbons (Fsp3) is 0.520. The molecule has 2 atom stereocenters. The molecular weight excluding hydrogens is 444 g/mol. The van der Waals surface area contributed by atoms with Gasteiger partial charge in [-0.15, -0.1) is 0 Å². The highest BCUT2D eigenvalue weighted by molar-refractivity contribution is 5.33. The first kappa shape index (κ1) is 25.4. The first-order chi connectivity index (χ1) is 15.6. The molecule has 0 amide bonds. The molecule has 0 spiro atoms. The molecule has 2 aromatic rings. The van der Waals surface area contributed by atoms with E-state index in [1.807, 2.05) is 0 Å². The van der Waals surface area contributed by atoms with Crippen LogP contribution in [0.3, 0.4) is 0 Å². The maximum absolute atomic E-state index is 13.6. The van der Waals surface area contributed by atoms with Gasteiger partial charge < -0.3 is 9.64 Å². The number of piperidine rings is 1. The summed E-state index contributed by atoms with van der Waals surface area (Å²) < 4.78 is 85.0. The summed E-state index contributed by atoms with van der Waals surface area (Å²) in [5.74, 6) is -0.415. The van der Waals surface area contributed by atoms with Crippen LogP contribution in [0.5, 0.6) is 5.75 Å². The number of nitrogens with zero attached hydrogens (tertiary/aromatic N) is 1. The standard InChI is InChI=1S/C25H29F6NO/c1-18(22-7-3-4-8-23(22)25(29,30)31)19(13-16-32-14-5-2-6-15-32)17-33-21-11-9-20(10-12-21)24(26,27)28/h3-4,7-12,18-19H,2,5-6,13-17H2,1H3. The van der Waals surface area contributed by atoms with Crippen LogP contribution in [0.4, 0.5) is 26.3 Å². The lowest BCUT2D eigenvalue weighted by Gasteiger charge is -2.31. The van der Waals surface area contributed by atoms with Crippen LogP contribution in [0.25, 0.3) is 0 Å². The SMILES string of the molecule is CC(c1ccccc1C(F)(F)F)C(CCN1CCCCC1)COc1ccc(C(F)(F)F)cc1. The van der Waals surface area contributed by atoms with E-state index in [0.29, 0.717) is 6.42 Å². The van der Waals surface area contributed by atoms with E-state index in [1.54, 1.807) is 13.0 Å². The Hall–Kier alpha value is -2.22. The summed E-state index contributed by atoms with van der Waals surface area (Å²) in [4.78, 5) is 2.32. The van der Waals surface area contributed by atoms with Gasteiger partial charge in [-0.1, -0.05) is 31.5 Å². The molecule has 1 saturated heterocycles. The van der Waals surface area contributed by atoms with Gasteiger partial charge in [0.15, 0.2) is 0 Å². The van der Waals surface area contributed by atoms with Crippen LogP contribution >= 0.6 is 0 Å². The highest BCUT2D eigenvalue weighted by atomic mass is 19.4. The lowest BCUT2D eigenvalue weighted by atomic mass is 9.83. The quantitative estimate of drug-likeness (QED) is 0.371. The van der Waals surface area contributed by atoms with Crippen molar-refractivity contribution >= 4 is 0 Å². The first-order valence-corrected chi connectivity index (χ1v) is 11.2. The summed E-state index contributed by atoms with van der Waals surface area (Å²) in [6.45, 7) is 4.58. The van der Waals surface area contributed by atoms with Crippen LogP contribution in [-0.4, -0.2) is 31.1 Å². The van der Waals surface area contributed by atoms with E-state index in [2.05, 4.69) is 4.90 Å². The molecule has 3 rings (SSSR count). The van der Waals surface area contributed by atoms with Gasteiger partial charge in [0, 0.05) is 5.92 Å². The topological polar surface area (TPSA) is 12.5 Å². The fourth-order valence-corrected chi connectivity index (χ4v) is 4.36. The molecule has 2 nitrogen and oxygen atoms in total. The maximum Gasteiger partial charge on any atom is 0.416 e. The molecule has 33 heavy (non-hydrogen) atoms. The van der Waals surface area contributed by atoms with Crippen LogP contribution in [0.2, 0.25) is 0 Å². The van der Waals surface area contributed by atoms with Crippen molar-refractivity contribution in [3.05, 3.63) is 65.2 Å². The Balaban J connectivity index is 1.76. The van der Waals surface area contributed by atoms with E-state index >= 15 is 0 Å². The van der Waals surface area contributed by atoms with Gasteiger partial charge in [-0.05, 0) is 80.7 Å². The molecule has 2 unspecified atom stereocenters. The number of benzene rings is 2. The lowest BCUT2D eigenvalue weighted by molar-refractivity contribution is -0.139.